The van der Waals surface area contributed by atoms with Gasteiger partial charge in [0.25, 0.3) is 0 Å². The summed E-state index contributed by atoms with van der Waals surface area (Å²) in [7, 11) is 2.19. The minimum Gasteiger partial charge on any atom is -0.662 e. The van der Waals surface area contributed by atoms with Crippen molar-refractivity contribution in [2.75, 3.05) is 33.2 Å². The summed E-state index contributed by atoms with van der Waals surface area (Å²) in [5.74, 6) is 2.98. The summed E-state index contributed by atoms with van der Waals surface area (Å²) in [5.41, 5.74) is 2.66. The molecule has 2 nitrogen and oxygen atoms in total. The number of benzene rings is 1. The average molecular weight is 483 g/mol. The maximum atomic E-state index is 4.23. The molecule has 2 aliphatic heterocycles. The number of piperidine rings is 2. The van der Waals surface area contributed by atoms with Crippen LogP contribution in [-0.4, -0.2) is 38.1 Å². The van der Waals surface area contributed by atoms with E-state index in [1.807, 2.05) is 0 Å². The van der Waals surface area contributed by atoms with Crippen molar-refractivity contribution in [3.8, 4) is 0 Å². The molecule has 0 aromatic heterocycles. The van der Waals surface area contributed by atoms with Crippen LogP contribution in [0.3, 0.4) is 0 Å². The molecule has 3 fully saturated rings. The van der Waals surface area contributed by atoms with Crippen LogP contribution in [0.15, 0.2) is 24.3 Å². The van der Waals surface area contributed by atoms with Crippen LogP contribution in [0, 0.1) is 31.6 Å². The van der Waals surface area contributed by atoms with E-state index < -0.39 is 0 Å². The van der Waals surface area contributed by atoms with E-state index in [-0.39, 0.29) is 26.0 Å². The minimum absolute atomic E-state index is 0. The van der Waals surface area contributed by atoms with Crippen LogP contribution in [0.1, 0.15) is 97.1 Å². The van der Waals surface area contributed by atoms with Gasteiger partial charge in [0.2, 0.25) is 0 Å². The van der Waals surface area contributed by atoms with Crippen molar-refractivity contribution < 1.29 is 18.6 Å². The van der Waals surface area contributed by atoms with Crippen molar-refractivity contribution >= 4 is 0 Å². The van der Waals surface area contributed by atoms with Crippen molar-refractivity contribution in [2.24, 2.45) is 17.8 Å². The van der Waals surface area contributed by atoms with Gasteiger partial charge in [-0.05, 0) is 64.6 Å². The minimum atomic E-state index is 0. The summed E-state index contributed by atoms with van der Waals surface area (Å²) < 4.78 is 0. The van der Waals surface area contributed by atoms with Crippen molar-refractivity contribution in [2.45, 2.75) is 99.8 Å². The molecular weight excluding hydrogens is 427 g/mol. The van der Waals surface area contributed by atoms with E-state index in [1.54, 1.807) is 0 Å². The Balaban J connectivity index is 0. The predicted octanol–water partition coefficient (Wildman–Crippen LogP) is 8.66. The van der Waals surface area contributed by atoms with Gasteiger partial charge < -0.3 is 10.2 Å². The Morgan fingerprint density at radius 2 is 1.00 bits per heavy atom. The maximum absolute atomic E-state index is 4.23. The first-order chi connectivity index (χ1) is 14.4. The van der Waals surface area contributed by atoms with Gasteiger partial charge >= 0.3 is 0 Å². The largest absolute Gasteiger partial charge is 0.662 e. The molecule has 1 radical (unpaired) electrons. The Morgan fingerprint density at radius 3 is 1.25 bits per heavy atom. The zero-order valence-electron chi connectivity index (χ0n) is 21.6. The molecule has 0 spiro atoms. The van der Waals surface area contributed by atoms with Crippen LogP contribution in [0.5, 0.6) is 0 Å². The molecule has 1 aromatic rings. The number of hydrogen-bond donors (Lipinski definition) is 0. The fourth-order valence-electron chi connectivity index (χ4n) is 4.00. The van der Waals surface area contributed by atoms with Gasteiger partial charge in [-0.2, -0.15) is 0 Å². The molecule has 1 aromatic carbocycles. The number of rotatable bonds is 0. The Morgan fingerprint density at radius 1 is 0.656 bits per heavy atom. The number of hydrogen-bond acceptors (Lipinski definition) is 1. The molecule has 3 heteroatoms. The van der Waals surface area contributed by atoms with Gasteiger partial charge in [0.15, 0.2) is 0 Å². The summed E-state index contributed by atoms with van der Waals surface area (Å²) in [6.45, 7) is 16.1. The van der Waals surface area contributed by atoms with Crippen LogP contribution >= 0.6 is 0 Å². The van der Waals surface area contributed by atoms with E-state index in [0.29, 0.717) is 0 Å². The smallest absolute Gasteiger partial charge is 0 e. The predicted molar refractivity (Wildman–Crippen MR) is 142 cm³/mol. The molecule has 0 unspecified atom stereocenters. The third kappa shape index (κ3) is 19.2. The fourth-order valence-corrected chi connectivity index (χ4v) is 4.00. The van der Waals surface area contributed by atoms with E-state index in [4.69, 9.17) is 0 Å². The zero-order chi connectivity index (χ0) is 22.2. The molecule has 0 N–H and O–H groups in total. The van der Waals surface area contributed by atoms with Gasteiger partial charge in [-0.3, -0.25) is 0 Å². The van der Waals surface area contributed by atoms with Gasteiger partial charge in [0, 0.05) is 18.6 Å². The number of nitrogens with zero attached hydrogens (tertiary/aromatic N) is 2. The molecule has 1 saturated carbocycles. The second kappa shape index (κ2) is 21.3. The average Bonchev–Trinajstić information content (AvgIpc) is 2.75. The van der Waals surface area contributed by atoms with Gasteiger partial charge in [0.05, 0.1) is 0 Å². The van der Waals surface area contributed by atoms with E-state index in [9.17, 15) is 0 Å². The van der Waals surface area contributed by atoms with Crippen molar-refractivity contribution in [1.82, 2.24) is 4.90 Å². The van der Waals surface area contributed by atoms with Gasteiger partial charge in [-0.15, -0.1) is 13.1 Å². The zero-order valence-corrected chi connectivity index (χ0v) is 23.0. The van der Waals surface area contributed by atoms with Crippen molar-refractivity contribution in [1.29, 1.82) is 0 Å². The van der Waals surface area contributed by atoms with Gasteiger partial charge in [-0.1, -0.05) is 109 Å². The SMILES string of the molecule is C.CC1CCC(C)CC1.CC1CC[N-]CC1.CN1CCCCC1.Cc1ccc(C)cc1.[V]. The van der Waals surface area contributed by atoms with E-state index in [1.165, 1.54) is 82.0 Å². The number of aryl methyl sites for hydroxylation is 2. The van der Waals surface area contributed by atoms with Crippen molar-refractivity contribution in [3.05, 3.63) is 40.7 Å². The molecular formula is C29H55N2V-. The second-order valence-corrected chi connectivity index (χ2v) is 10.2. The van der Waals surface area contributed by atoms with Crippen LogP contribution in [0.2, 0.25) is 0 Å². The quantitative estimate of drug-likeness (QED) is 0.362. The molecule has 2 heterocycles. The fraction of sp³-hybridized carbons (Fsp3) is 0.793. The van der Waals surface area contributed by atoms with Crippen molar-refractivity contribution in [3.63, 3.8) is 0 Å². The molecule has 2 saturated heterocycles. The molecule has 1 aliphatic carbocycles. The summed E-state index contributed by atoms with van der Waals surface area (Å²) >= 11 is 0. The molecule has 187 valence electrons. The van der Waals surface area contributed by atoms with Crippen LogP contribution in [-0.2, 0) is 18.6 Å². The molecule has 32 heavy (non-hydrogen) atoms. The first kappa shape index (κ1) is 33.9. The Hall–Kier alpha value is -0.276. The van der Waals surface area contributed by atoms with E-state index >= 15 is 0 Å². The summed E-state index contributed by atoms with van der Waals surface area (Å²) in [6.07, 6.45) is 12.8. The molecule has 0 amide bonds. The summed E-state index contributed by atoms with van der Waals surface area (Å²) in [4.78, 5) is 2.39. The number of likely N-dealkylation sites (tertiary alicyclic amines) is 1. The second-order valence-electron chi connectivity index (χ2n) is 10.2. The van der Waals surface area contributed by atoms with Gasteiger partial charge in [-0.25, -0.2) is 0 Å². The molecule has 3 aliphatic rings. The normalized spacial score (nSPS) is 23.3. The monoisotopic (exact) mass is 482 g/mol. The van der Waals surface area contributed by atoms with Crippen LogP contribution in [0.4, 0.5) is 0 Å². The van der Waals surface area contributed by atoms with E-state index in [0.717, 1.165) is 30.8 Å². The standard InChI is InChI=1S/C8H16.C8H10.C6H12N.C6H13N.CH4.V/c2*1-7-3-5-8(2)6-4-7;1-6-2-4-7-5-3-6;1-7-5-3-2-4-6-7;;/h7-8H,3-6H2,1-2H3;3-6H,1-2H3;6H,2-5H2,1H3;2-6H2,1H3;1H4;/q;;-1;;;. The molecule has 4 rings (SSSR count). The Kier molecular flexibility index (Phi) is 22.5. The Bertz CT molecular complexity index is 449. The van der Waals surface area contributed by atoms with Gasteiger partial charge in [0.1, 0.15) is 0 Å². The summed E-state index contributed by atoms with van der Waals surface area (Å²) in [6, 6.07) is 8.48. The first-order valence-corrected chi connectivity index (χ1v) is 12.7. The first-order valence-electron chi connectivity index (χ1n) is 12.7. The summed E-state index contributed by atoms with van der Waals surface area (Å²) in [5, 5.41) is 4.23. The topological polar surface area (TPSA) is 17.3 Å². The third-order valence-electron chi connectivity index (χ3n) is 6.66. The maximum Gasteiger partial charge on any atom is 0 e. The van der Waals surface area contributed by atoms with Crippen LogP contribution in [0.25, 0.3) is 5.32 Å². The van der Waals surface area contributed by atoms with Crippen LogP contribution < -0.4 is 0 Å². The molecule has 0 bridgehead atoms. The third-order valence-corrected chi connectivity index (χ3v) is 6.66. The Labute approximate surface area is 214 Å². The molecule has 0 atom stereocenters. The van der Waals surface area contributed by atoms with E-state index in [2.05, 4.69) is 76.1 Å².